The van der Waals surface area contributed by atoms with Gasteiger partial charge in [0.05, 0.1) is 31.3 Å². The Hall–Kier alpha value is -1.80. The van der Waals surface area contributed by atoms with Gasteiger partial charge in [-0.25, -0.2) is 0 Å². The van der Waals surface area contributed by atoms with Gasteiger partial charge in [0, 0.05) is 13.1 Å². The van der Waals surface area contributed by atoms with Gasteiger partial charge in [-0.15, -0.1) is 0 Å². The summed E-state index contributed by atoms with van der Waals surface area (Å²) in [6.07, 6.45) is 1.81. The fourth-order valence-corrected chi connectivity index (χ4v) is 2.17. The largest absolute Gasteiger partial charge is 0.467 e. The van der Waals surface area contributed by atoms with Gasteiger partial charge in [-0.2, -0.15) is 5.26 Å². The Kier molecular flexibility index (Phi) is 4.00. The number of nitrogens with one attached hydrogen (secondary N) is 1. The van der Waals surface area contributed by atoms with E-state index in [1.165, 1.54) is 0 Å². The average molecular weight is 247 g/mol. The van der Waals surface area contributed by atoms with Crippen LogP contribution in [0.3, 0.4) is 0 Å². The molecule has 2 heterocycles. The molecule has 0 aliphatic carbocycles. The zero-order chi connectivity index (χ0) is 13.0. The number of amides is 1. The van der Waals surface area contributed by atoms with Crippen molar-refractivity contribution in [2.45, 2.75) is 25.9 Å². The van der Waals surface area contributed by atoms with E-state index in [-0.39, 0.29) is 12.3 Å². The van der Waals surface area contributed by atoms with Crippen molar-refractivity contribution in [1.29, 1.82) is 5.26 Å². The SMILES string of the molecule is CC1CNC(CC#N)C(=O)N(Cc2ccco2)C1. The molecule has 0 radical (unpaired) electrons. The molecule has 2 rings (SSSR count). The van der Waals surface area contributed by atoms with Gasteiger partial charge in [0.15, 0.2) is 0 Å². The molecule has 5 heteroatoms. The lowest BCUT2D eigenvalue weighted by Crippen LogP contribution is -2.43. The molecule has 1 amide bonds. The monoisotopic (exact) mass is 247 g/mol. The van der Waals surface area contributed by atoms with Gasteiger partial charge in [0.25, 0.3) is 0 Å². The lowest BCUT2D eigenvalue weighted by molar-refractivity contribution is -0.133. The van der Waals surface area contributed by atoms with Crippen LogP contribution in [0.4, 0.5) is 0 Å². The van der Waals surface area contributed by atoms with Crippen LogP contribution in [-0.4, -0.2) is 29.9 Å². The first-order chi connectivity index (χ1) is 8.70. The highest BCUT2D eigenvalue weighted by Gasteiger charge is 2.29. The van der Waals surface area contributed by atoms with E-state index in [9.17, 15) is 4.79 Å². The van der Waals surface area contributed by atoms with Crippen molar-refractivity contribution >= 4 is 5.91 Å². The standard InChI is InChI=1S/C13H17N3O2/c1-10-7-15-12(4-5-14)13(17)16(8-10)9-11-3-2-6-18-11/h2-3,6,10,12,15H,4,7-9H2,1H3. The summed E-state index contributed by atoms with van der Waals surface area (Å²) in [4.78, 5) is 14.0. The van der Waals surface area contributed by atoms with Crippen molar-refractivity contribution in [3.8, 4) is 6.07 Å². The molecule has 0 spiro atoms. The van der Waals surface area contributed by atoms with E-state index in [2.05, 4.69) is 18.3 Å². The molecule has 1 aliphatic rings. The third kappa shape index (κ3) is 2.90. The lowest BCUT2D eigenvalue weighted by Gasteiger charge is -2.23. The van der Waals surface area contributed by atoms with Gasteiger partial charge in [-0.3, -0.25) is 4.79 Å². The highest BCUT2D eigenvalue weighted by Crippen LogP contribution is 2.13. The zero-order valence-electron chi connectivity index (χ0n) is 10.4. The summed E-state index contributed by atoms with van der Waals surface area (Å²) in [7, 11) is 0. The predicted octanol–water partition coefficient (Wildman–Crippen LogP) is 1.13. The number of nitriles is 1. The third-order valence-corrected chi connectivity index (χ3v) is 3.08. The quantitative estimate of drug-likeness (QED) is 0.869. The van der Waals surface area contributed by atoms with Gasteiger partial charge in [0.2, 0.25) is 5.91 Å². The molecular weight excluding hydrogens is 230 g/mol. The van der Waals surface area contributed by atoms with E-state index in [0.29, 0.717) is 19.0 Å². The topological polar surface area (TPSA) is 69.3 Å². The van der Waals surface area contributed by atoms with E-state index < -0.39 is 6.04 Å². The molecule has 0 aromatic carbocycles. The molecule has 0 saturated carbocycles. The second-order valence-electron chi connectivity index (χ2n) is 4.73. The number of carbonyl (C=O) groups excluding carboxylic acids is 1. The van der Waals surface area contributed by atoms with Crippen LogP contribution in [0.5, 0.6) is 0 Å². The molecule has 1 aromatic rings. The predicted molar refractivity (Wildman–Crippen MR) is 65.3 cm³/mol. The van der Waals surface area contributed by atoms with Crippen molar-refractivity contribution in [2.24, 2.45) is 5.92 Å². The van der Waals surface area contributed by atoms with Crippen LogP contribution >= 0.6 is 0 Å². The van der Waals surface area contributed by atoms with Crippen LogP contribution in [0.2, 0.25) is 0 Å². The molecule has 96 valence electrons. The van der Waals surface area contributed by atoms with Gasteiger partial charge >= 0.3 is 0 Å². The van der Waals surface area contributed by atoms with Crippen molar-refractivity contribution in [3.05, 3.63) is 24.2 Å². The second kappa shape index (κ2) is 5.69. The fraction of sp³-hybridized carbons (Fsp3) is 0.538. The summed E-state index contributed by atoms with van der Waals surface area (Å²) >= 11 is 0. The Morgan fingerprint density at radius 2 is 2.50 bits per heavy atom. The Bertz CT molecular complexity index is 436. The van der Waals surface area contributed by atoms with Gasteiger partial charge < -0.3 is 14.6 Å². The maximum absolute atomic E-state index is 12.3. The van der Waals surface area contributed by atoms with Crippen LogP contribution in [-0.2, 0) is 11.3 Å². The summed E-state index contributed by atoms with van der Waals surface area (Å²) in [6.45, 7) is 4.01. The van der Waals surface area contributed by atoms with Crippen LogP contribution in [0.15, 0.2) is 22.8 Å². The van der Waals surface area contributed by atoms with Crippen LogP contribution in [0.25, 0.3) is 0 Å². The molecule has 1 N–H and O–H groups in total. The first-order valence-corrected chi connectivity index (χ1v) is 6.12. The van der Waals surface area contributed by atoms with Crippen molar-refractivity contribution in [1.82, 2.24) is 10.2 Å². The number of carbonyl (C=O) groups is 1. The van der Waals surface area contributed by atoms with Crippen LogP contribution in [0, 0.1) is 17.2 Å². The second-order valence-corrected chi connectivity index (χ2v) is 4.73. The summed E-state index contributed by atoms with van der Waals surface area (Å²) < 4.78 is 5.28. The number of hydrogen-bond donors (Lipinski definition) is 1. The van der Waals surface area contributed by atoms with Crippen LogP contribution < -0.4 is 5.32 Å². The summed E-state index contributed by atoms with van der Waals surface area (Å²) in [5.41, 5.74) is 0. The first kappa shape index (κ1) is 12.7. The molecule has 1 saturated heterocycles. The van der Waals surface area contributed by atoms with Crippen molar-refractivity contribution in [3.63, 3.8) is 0 Å². The number of hydrogen-bond acceptors (Lipinski definition) is 4. The molecule has 1 aliphatic heterocycles. The maximum Gasteiger partial charge on any atom is 0.241 e. The molecular formula is C13H17N3O2. The maximum atomic E-state index is 12.3. The molecule has 2 unspecified atom stereocenters. The van der Waals surface area contributed by atoms with E-state index in [4.69, 9.17) is 9.68 Å². The number of furan rings is 1. The molecule has 1 aromatic heterocycles. The van der Waals surface area contributed by atoms with Crippen LogP contribution in [0.1, 0.15) is 19.1 Å². The van der Waals surface area contributed by atoms with Crippen molar-refractivity contribution in [2.75, 3.05) is 13.1 Å². The summed E-state index contributed by atoms with van der Waals surface area (Å²) in [5.74, 6) is 1.12. The molecule has 0 bridgehead atoms. The van der Waals surface area contributed by atoms with E-state index in [0.717, 1.165) is 12.3 Å². The first-order valence-electron chi connectivity index (χ1n) is 6.12. The zero-order valence-corrected chi connectivity index (χ0v) is 10.4. The highest BCUT2D eigenvalue weighted by atomic mass is 16.3. The molecule has 1 fully saturated rings. The normalized spacial score (nSPS) is 24.7. The fourth-order valence-electron chi connectivity index (χ4n) is 2.17. The summed E-state index contributed by atoms with van der Waals surface area (Å²) in [5, 5.41) is 11.9. The lowest BCUT2D eigenvalue weighted by atomic mass is 10.2. The van der Waals surface area contributed by atoms with E-state index in [1.807, 2.05) is 12.1 Å². The van der Waals surface area contributed by atoms with E-state index in [1.54, 1.807) is 11.2 Å². The number of rotatable bonds is 3. The Labute approximate surface area is 106 Å². The third-order valence-electron chi connectivity index (χ3n) is 3.08. The molecule has 2 atom stereocenters. The minimum Gasteiger partial charge on any atom is -0.467 e. The Balaban J connectivity index is 2.10. The highest BCUT2D eigenvalue weighted by molar-refractivity contribution is 5.82. The smallest absolute Gasteiger partial charge is 0.241 e. The van der Waals surface area contributed by atoms with Gasteiger partial charge in [-0.05, 0) is 18.1 Å². The Morgan fingerprint density at radius 1 is 1.67 bits per heavy atom. The number of nitrogens with zero attached hydrogens (tertiary/aromatic N) is 2. The van der Waals surface area contributed by atoms with Gasteiger partial charge in [-0.1, -0.05) is 6.92 Å². The van der Waals surface area contributed by atoms with Gasteiger partial charge in [0.1, 0.15) is 5.76 Å². The minimum absolute atomic E-state index is 0.0164. The Morgan fingerprint density at radius 3 is 3.17 bits per heavy atom. The van der Waals surface area contributed by atoms with E-state index >= 15 is 0 Å². The minimum atomic E-state index is -0.394. The average Bonchev–Trinajstić information content (AvgIpc) is 2.81. The molecule has 5 nitrogen and oxygen atoms in total. The molecule has 18 heavy (non-hydrogen) atoms. The van der Waals surface area contributed by atoms with Crippen molar-refractivity contribution < 1.29 is 9.21 Å². The summed E-state index contributed by atoms with van der Waals surface area (Å²) in [6, 6.07) is 5.33.